The van der Waals surface area contributed by atoms with Crippen LogP contribution in [0.3, 0.4) is 0 Å². The van der Waals surface area contributed by atoms with Gasteiger partial charge in [0.1, 0.15) is 0 Å². The Morgan fingerprint density at radius 3 is 2.20 bits per heavy atom. The first-order valence-electron chi connectivity index (χ1n) is 1.64. The van der Waals surface area contributed by atoms with Gasteiger partial charge >= 0.3 is 0 Å². The molecule has 0 spiro atoms. The standard InChI is InChI=1S/C3H5BS/c1-3(4)2-5-3/h2H2,1H3. The zero-order valence-corrected chi connectivity index (χ0v) is 4.01. The Labute approximate surface area is 37.7 Å². The number of thioether (sulfide) groups is 1. The van der Waals surface area contributed by atoms with E-state index in [9.17, 15) is 0 Å². The van der Waals surface area contributed by atoms with Crippen LogP contribution in [0.25, 0.3) is 0 Å². The first-order valence-corrected chi connectivity index (χ1v) is 2.62. The third-order valence-corrected chi connectivity index (χ3v) is 1.80. The van der Waals surface area contributed by atoms with Crippen LogP contribution in [0.4, 0.5) is 0 Å². The van der Waals surface area contributed by atoms with Gasteiger partial charge in [0.25, 0.3) is 0 Å². The highest BCUT2D eigenvalue weighted by atomic mass is 32.2. The van der Waals surface area contributed by atoms with Crippen molar-refractivity contribution in [1.82, 2.24) is 0 Å². The lowest BCUT2D eigenvalue weighted by molar-refractivity contribution is 1.14. The maximum Gasteiger partial charge on any atom is 0.0900 e. The third-order valence-electron chi connectivity index (χ3n) is 0.600. The van der Waals surface area contributed by atoms with E-state index in [0.29, 0.717) is 0 Å². The molecule has 0 aromatic rings. The highest BCUT2D eigenvalue weighted by Gasteiger charge is 2.31. The Morgan fingerprint density at radius 1 is 2.00 bits per heavy atom. The molecule has 1 saturated heterocycles. The molecule has 2 heteroatoms. The van der Waals surface area contributed by atoms with Crippen molar-refractivity contribution in [2.24, 2.45) is 0 Å². The van der Waals surface area contributed by atoms with E-state index in [1.165, 1.54) is 0 Å². The summed E-state index contributed by atoms with van der Waals surface area (Å²) >= 11 is 1.80. The minimum absolute atomic E-state index is 0.167. The lowest BCUT2D eigenvalue weighted by atomic mass is 9.92. The van der Waals surface area contributed by atoms with E-state index in [0.717, 1.165) is 5.75 Å². The van der Waals surface area contributed by atoms with Crippen LogP contribution >= 0.6 is 11.8 Å². The Bertz CT molecular complexity index is 44.9. The van der Waals surface area contributed by atoms with Gasteiger partial charge in [0.2, 0.25) is 0 Å². The maximum absolute atomic E-state index is 5.43. The molecule has 26 valence electrons. The molecule has 0 bridgehead atoms. The van der Waals surface area contributed by atoms with Gasteiger partial charge in [-0.25, -0.2) is 0 Å². The number of hydrogen-bond donors (Lipinski definition) is 0. The van der Waals surface area contributed by atoms with E-state index >= 15 is 0 Å². The van der Waals surface area contributed by atoms with Gasteiger partial charge in [0.15, 0.2) is 0 Å². The normalized spacial score (nSPS) is 49.0. The topological polar surface area (TPSA) is 0 Å². The molecule has 1 fully saturated rings. The summed E-state index contributed by atoms with van der Waals surface area (Å²) in [5, 5.41) is 0. The van der Waals surface area contributed by atoms with Crippen molar-refractivity contribution in [3.8, 4) is 0 Å². The second-order valence-corrected chi connectivity index (χ2v) is 3.11. The van der Waals surface area contributed by atoms with Crippen molar-refractivity contribution >= 4 is 19.6 Å². The predicted octanol–water partition coefficient (Wildman–Crippen LogP) is 0.618. The van der Waals surface area contributed by atoms with Gasteiger partial charge in [-0.05, 0) is 10.4 Å². The Hall–Kier alpha value is 0.415. The van der Waals surface area contributed by atoms with Crippen LogP contribution in [0.2, 0.25) is 0 Å². The molecule has 0 saturated carbocycles. The Balaban J connectivity index is 2.38. The minimum atomic E-state index is 0.167. The molecule has 0 aromatic heterocycles. The quantitative estimate of drug-likeness (QED) is 0.306. The Morgan fingerprint density at radius 2 is 2.20 bits per heavy atom. The molecule has 5 heavy (non-hydrogen) atoms. The molecule has 1 atom stereocenters. The van der Waals surface area contributed by atoms with Crippen molar-refractivity contribution in [2.45, 2.75) is 11.6 Å². The van der Waals surface area contributed by atoms with E-state index in [1.54, 1.807) is 11.8 Å². The van der Waals surface area contributed by atoms with Gasteiger partial charge in [0.05, 0.1) is 7.85 Å². The molecule has 1 heterocycles. The molecule has 1 aliphatic heterocycles. The van der Waals surface area contributed by atoms with E-state index in [1.807, 2.05) is 6.92 Å². The molecular weight excluding hydrogens is 78.9 g/mol. The van der Waals surface area contributed by atoms with Crippen molar-refractivity contribution in [2.75, 3.05) is 5.75 Å². The van der Waals surface area contributed by atoms with E-state index < -0.39 is 0 Å². The van der Waals surface area contributed by atoms with Gasteiger partial charge in [0, 0.05) is 0 Å². The maximum atomic E-state index is 5.43. The summed E-state index contributed by atoms with van der Waals surface area (Å²) in [6.07, 6.45) is 0. The second kappa shape index (κ2) is 0.727. The molecule has 0 aliphatic carbocycles. The van der Waals surface area contributed by atoms with Crippen LogP contribution in [0.15, 0.2) is 0 Å². The third kappa shape index (κ3) is 0.878. The van der Waals surface area contributed by atoms with Crippen molar-refractivity contribution in [3.05, 3.63) is 0 Å². The average molecular weight is 84.0 g/mol. The molecule has 1 aliphatic rings. The Kier molecular flexibility index (Phi) is 0.523. The van der Waals surface area contributed by atoms with Crippen LogP contribution in [-0.4, -0.2) is 18.2 Å². The number of hydrogen-bond acceptors (Lipinski definition) is 1. The van der Waals surface area contributed by atoms with Crippen LogP contribution in [0, 0.1) is 0 Å². The summed E-state index contributed by atoms with van der Waals surface area (Å²) in [6, 6.07) is 0. The fourth-order valence-electron chi connectivity index (χ4n) is 0.114. The lowest BCUT2D eigenvalue weighted by Crippen LogP contribution is -1.97. The van der Waals surface area contributed by atoms with Crippen LogP contribution in [0.5, 0.6) is 0 Å². The largest absolute Gasteiger partial charge is 0.164 e. The summed E-state index contributed by atoms with van der Waals surface area (Å²) in [6.45, 7) is 2.04. The molecule has 2 radical (unpaired) electrons. The van der Waals surface area contributed by atoms with E-state index in [4.69, 9.17) is 7.85 Å². The van der Waals surface area contributed by atoms with Crippen molar-refractivity contribution < 1.29 is 0 Å². The SMILES string of the molecule is [B]C1(C)CS1. The molecule has 1 unspecified atom stereocenters. The summed E-state index contributed by atoms with van der Waals surface area (Å²) in [5.41, 5.74) is 0. The molecule has 0 nitrogen and oxygen atoms in total. The first-order chi connectivity index (χ1) is 2.21. The zero-order valence-electron chi connectivity index (χ0n) is 3.19. The van der Waals surface area contributed by atoms with Gasteiger partial charge in [-0.15, -0.1) is 0 Å². The average Bonchev–Trinajstić information content (AvgIpc) is 1.76. The highest BCUT2D eigenvalue weighted by molar-refractivity contribution is 8.09. The van der Waals surface area contributed by atoms with Gasteiger partial charge in [-0.3, -0.25) is 0 Å². The van der Waals surface area contributed by atoms with Crippen LogP contribution < -0.4 is 0 Å². The summed E-state index contributed by atoms with van der Waals surface area (Å²) in [4.78, 5) is 0. The van der Waals surface area contributed by atoms with E-state index in [2.05, 4.69) is 0 Å². The summed E-state index contributed by atoms with van der Waals surface area (Å²) in [7, 11) is 5.43. The second-order valence-electron chi connectivity index (χ2n) is 1.60. The lowest BCUT2D eigenvalue weighted by Gasteiger charge is -1.83. The van der Waals surface area contributed by atoms with E-state index in [-0.39, 0.29) is 4.65 Å². The molecule has 0 aromatic carbocycles. The molecule has 0 amide bonds. The predicted molar refractivity (Wildman–Crippen MR) is 26.6 cm³/mol. The van der Waals surface area contributed by atoms with Crippen molar-refractivity contribution in [1.29, 1.82) is 0 Å². The zero-order chi connectivity index (χ0) is 3.91. The molecular formula is C3H5BS. The minimum Gasteiger partial charge on any atom is -0.164 e. The smallest absolute Gasteiger partial charge is 0.0900 e. The monoisotopic (exact) mass is 84.0 g/mol. The van der Waals surface area contributed by atoms with Gasteiger partial charge in [-0.2, -0.15) is 11.8 Å². The number of rotatable bonds is 0. The fraction of sp³-hybridized carbons (Fsp3) is 1.00. The van der Waals surface area contributed by atoms with Crippen LogP contribution in [0.1, 0.15) is 6.92 Å². The first kappa shape index (κ1) is 3.60. The highest BCUT2D eigenvalue weighted by Crippen LogP contribution is 2.40. The summed E-state index contributed by atoms with van der Waals surface area (Å²) in [5.74, 6) is 1.15. The van der Waals surface area contributed by atoms with Gasteiger partial charge < -0.3 is 0 Å². The fourth-order valence-corrected chi connectivity index (χ4v) is 0.342. The molecule has 0 N–H and O–H groups in total. The molecule has 1 rings (SSSR count). The van der Waals surface area contributed by atoms with Crippen LogP contribution in [-0.2, 0) is 0 Å². The summed E-state index contributed by atoms with van der Waals surface area (Å²) < 4.78 is 0.167. The van der Waals surface area contributed by atoms with Gasteiger partial charge in [-0.1, -0.05) is 6.92 Å². The van der Waals surface area contributed by atoms with Crippen molar-refractivity contribution in [3.63, 3.8) is 0 Å².